The summed E-state index contributed by atoms with van der Waals surface area (Å²) in [7, 11) is -7.61. The molecule has 7 nitrogen and oxygen atoms in total. The molecular weight excluding hydrogens is 412 g/mol. The fourth-order valence-corrected chi connectivity index (χ4v) is 5.52. The Balaban J connectivity index is 1.58. The van der Waals surface area contributed by atoms with Crippen LogP contribution in [0.1, 0.15) is 12.8 Å². The number of nitrogens with one attached hydrogen (secondary N) is 1. The standard InChI is InChI=1S/C17H19F2N3O4S2/c18-16-4-3-14(10-17(16)19)27(23,24)21-11-13-5-8-22(9-6-13)28(25,26)15-2-1-7-20-12-15/h1-4,7,10,12-13,21H,5-6,8-9,11H2. The van der Waals surface area contributed by atoms with Crippen molar-refractivity contribution in [1.82, 2.24) is 14.0 Å². The quantitative estimate of drug-likeness (QED) is 0.752. The van der Waals surface area contributed by atoms with Crippen molar-refractivity contribution in [3.05, 3.63) is 54.4 Å². The maximum Gasteiger partial charge on any atom is 0.244 e. The highest BCUT2D eigenvalue weighted by molar-refractivity contribution is 7.89. The van der Waals surface area contributed by atoms with Crippen molar-refractivity contribution < 1.29 is 25.6 Å². The van der Waals surface area contributed by atoms with E-state index in [0.29, 0.717) is 18.9 Å². The summed E-state index contributed by atoms with van der Waals surface area (Å²) in [6.07, 6.45) is 3.72. The molecule has 0 aliphatic carbocycles. The van der Waals surface area contributed by atoms with Gasteiger partial charge in [-0.25, -0.2) is 30.3 Å². The summed E-state index contributed by atoms with van der Waals surface area (Å²) < 4.78 is 79.6. The van der Waals surface area contributed by atoms with Crippen LogP contribution in [0.5, 0.6) is 0 Å². The molecule has 2 aromatic rings. The van der Waals surface area contributed by atoms with Gasteiger partial charge in [0.15, 0.2) is 11.6 Å². The van der Waals surface area contributed by atoms with Crippen LogP contribution in [0, 0.1) is 17.6 Å². The van der Waals surface area contributed by atoms with Crippen LogP contribution in [0.3, 0.4) is 0 Å². The van der Waals surface area contributed by atoms with Crippen LogP contribution in [0.2, 0.25) is 0 Å². The summed E-state index contributed by atoms with van der Waals surface area (Å²) in [6.45, 7) is 0.603. The first-order valence-corrected chi connectivity index (χ1v) is 11.5. The first-order valence-electron chi connectivity index (χ1n) is 8.55. The number of hydrogen-bond donors (Lipinski definition) is 1. The number of rotatable bonds is 6. The van der Waals surface area contributed by atoms with Crippen molar-refractivity contribution in [1.29, 1.82) is 0 Å². The fourth-order valence-electron chi connectivity index (χ4n) is 2.96. The third kappa shape index (κ3) is 4.54. The van der Waals surface area contributed by atoms with Crippen LogP contribution in [0.25, 0.3) is 0 Å². The van der Waals surface area contributed by atoms with E-state index < -0.39 is 31.7 Å². The molecule has 0 bridgehead atoms. The summed E-state index contributed by atoms with van der Waals surface area (Å²) in [4.78, 5) is 3.58. The van der Waals surface area contributed by atoms with E-state index in [4.69, 9.17) is 0 Å². The Hall–Kier alpha value is -1.95. The predicted octanol–water partition coefficient (Wildman–Crippen LogP) is 1.74. The van der Waals surface area contributed by atoms with E-state index in [-0.39, 0.29) is 35.3 Å². The average molecular weight is 431 g/mol. The lowest BCUT2D eigenvalue weighted by molar-refractivity contribution is 0.274. The highest BCUT2D eigenvalue weighted by Gasteiger charge is 2.30. The molecule has 0 unspecified atom stereocenters. The maximum absolute atomic E-state index is 13.3. The van der Waals surface area contributed by atoms with Gasteiger partial charge in [-0.3, -0.25) is 4.98 Å². The summed E-state index contributed by atoms with van der Waals surface area (Å²) in [5.74, 6) is -2.43. The zero-order valence-electron chi connectivity index (χ0n) is 14.8. The molecule has 0 atom stereocenters. The van der Waals surface area contributed by atoms with Crippen molar-refractivity contribution in [2.75, 3.05) is 19.6 Å². The third-order valence-corrected chi connectivity index (χ3v) is 7.91. The van der Waals surface area contributed by atoms with Gasteiger partial charge < -0.3 is 0 Å². The van der Waals surface area contributed by atoms with Crippen LogP contribution < -0.4 is 4.72 Å². The first kappa shape index (κ1) is 20.8. The molecule has 0 spiro atoms. The predicted molar refractivity (Wildman–Crippen MR) is 97.3 cm³/mol. The molecule has 3 rings (SSSR count). The SMILES string of the molecule is O=S(=O)(NCC1CCN(S(=O)(=O)c2cccnc2)CC1)c1ccc(F)c(F)c1. The van der Waals surface area contributed by atoms with Gasteiger partial charge in [0.2, 0.25) is 20.0 Å². The van der Waals surface area contributed by atoms with E-state index >= 15 is 0 Å². The zero-order valence-corrected chi connectivity index (χ0v) is 16.4. The molecule has 1 aliphatic heterocycles. The number of sulfonamides is 2. The molecule has 28 heavy (non-hydrogen) atoms. The van der Waals surface area contributed by atoms with Gasteiger partial charge in [0.25, 0.3) is 0 Å². The largest absolute Gasteiger partial charge is 0.263 e. The molecule has 1 aromatic carbocycles. The van der Waals surface area contributed by atoms with Crippen molar-refractivity contribution in [2.24, 2.45) is 5.92 Å². The van der Waals surface area contributed by atoms with Gasteiger partial charge in [-0.15, -0.1) is 0 Å². The summed E-state index contributed by atoms with van der Waals surface area (Å²) in [5, 5.41) is 0. The highest BCUT2D eigenvalue weighted by atomic mass is 32.2. The molecule has 11 heteroatoms. The van der Waals surface area contributed by atoms with Crippen molar-refractivity contribution in [2.45, 2.75) is 22.6 Å². The van der Waals surface area contributed by atoms with E-state index in [9.17, 15) is 25.6 Å². The topological polar surface area (TPSA) is 96.4 Å². The molecule has 1 saturated heterocycles. The van der Waals surface area contributed by atoms with Crippen LogP contribution in [-0.4, -0.2) is 45.8 Å². The Bertz CT molecular complexity index is 1040. The monoisotopic (exact) mass is 431 g/mol. The van der Waals surface area contributed by atoms with E-state index in [0.717, 1.165) is 12.1 Å². The van der Waals surface area contributed by atoms with Crippen LogP contribution >= 0.6 is 0 Å². The molecule has 1 aliphatic rings. The van der Waals surface area contributed by atoms with E-state index in [1.54, 1.807) is 6.07 Å². The van der Waals surface area contributed by atoms with Gasteiger partial charge in [-0.2, -0.15) is 4.31 Å². The fraction of sp³-hybridized carbons (Fsp3) is 0.353. The second-order valence-corrected chi connectivity index (χ2v) is 10.2. The van der Waals surface area contributed by atoms with E-state index in [2.05, 4.69) is 9.71 Å². The zero-order chi connectivity index (χ0) is 20.4. The molecular formula is C17H19F2N3O4S2. The molecule has 0 radical (unpaired) electrons. The molecule has 2 heterocycles. The molecule has 152 valence electrons. The minimum absolute atomic E-state index is 0.0691. The van der Waals surface area contributed by atoms with E-state index in [1.807, 2.05) is 0 Å². The molecule has 0 amide bonds. The average Bonchev–Trinajstić information content (AvgIpc) is 2.69. The second kappa shape index (κ2) is 8.19. The van der Waals surface area contributed by atoms with Gasteiger partial charge in [0, 0.05) is 32.0 Å². The Morgan fingerprint density at radius 3 is 2.36 bits per heavy atom. The Kier molecular flexibility index (Phi) is 6.08. The molecule has 1 fully saturated rings. The summed E-state index contributed by atoms with van der Waals surface area (Å²) in [5.41, 5.74) is 0. The van der Waals surface area contributed by atoms with Crippen LogP contribution in [0.4, 0.5) is 8.78 Å². The van der Waals surface area contributed by atoms with Crippen molar-refractivity contribution >= 4 is 20.0 Å². The van der Waals surface area contributed by atoms with E-state index in [1.165, 1.54) is 22.8 Å². The van der Waals surface area contributed by atoms with Gasteiger partial charge in [-0.1, -0.05) is 0 Å². The number of aromatic nitrogens is 1. The van der Waals surface area contributed by atoms with Crippen LogP contribution in [0.15, 0.2) is 52.5 Å². The van der Waals surface area contributed by atoms with Crippen LogP contribution in [-0.2, 0) is 20.0 Å². The Morgan fingerprint density at radius 1 is 1.04 bits per heavy atom. The first-order chi connectivity index (χ1) is 13.2. The van der Waals surface area contributed by atoms with Gasteiger partial charge in [0.05, 0.1) is 4.90 Å². The normalized spacial score (nSPS) is 16.9. The van der Waals surface area contributed by atoms with Gasteiger partial charge in [-0.05, 0) is 49.1 Å². The number of halogens is 2. The Labute approximate surface area is 162 Å². The van der Waals surface area contributed by atoms with Gasteiger partial charge in [0.1, 0.15) is 4.90 Å². The summed E-state index contributed by atoms with van der Waals surface area (Å²) in [6, 6.07) is 5.40. The lowest BCUT2D eigenvalue weighted by Crippen LogP contribution is -2.41. The number of nitrogens with zero attached hydrogens (tertiary/aromatic N) is 2. The molecule has 1 N–H and O–H groups in total. The molecule has 0 saturated carbocycles. The Morgan fingerprint density at radius 2 is 1.75 bits per heavy atom. The van der Waals surface area contributed by atoms with Crippen molar-refractivity contribution in [3.63, 3.8) is 0 Å². The lowest BCUT2D eigenvalue weighted by Gasteiger charge is -2.31. The van der Waals surface area contributed by atoms with Crippen molar-refractivity contribution in [3.8, 4) is 0 Å². The number of hydrogen-bond acceptors (Lipinski definition) is 5. The summed E-state index contributed by atoms with van der Waals surface area (Å²) >= 11 is 0. The lowest BCUT2D eigenvalue weighted by atomic mass is 9.99. The highest BCUT2D eigenvalue weighted by Crippen LogP contribution is 2.23. The number of piperidine rings is 1. The number of pyridine rings is 1. The third-order valence-electron chi connectivity index (χ3n) is 4.61. The van der Waals surface area contributed by atoms with Gasteiger partial charge >= 0.3 is 0 Å². The second-order valence-electron chi connectivity index (χ2n) is 6.46. The molecule has 1 aromatic heterocycles. The minimum Gasteiger partial charge on any atom is -0.263 e. The maximum atomic E-state index is 13.3. The minimum atomic E-state index is -3.98. The number of benzene rings is 1. The smallest absolute Gasteiger partial charge is 0.244 e.